The fourth-order valence-corrected chi connectivity index (χ4v) is 2.19. The summed E-state index contributed by atoms with van der Waals surface area (Å²) in [6.07, 6.45) is 3.29. The van der Waals surface area contributed by atoms with Crippen LogP contribution >= 0.6 is 23.2 Å². The monoisotopic (exact) mass is 337 g/mol. The fourth-order valence-electron chi connectivity index (χ4n) is 1.69. The second-order valence-corrected chi connectivity index (χ2v) is 5.28. The lowest BCUT2D eigenvalue weighted by atomic mass is 10.2. The maximum Gasteiger partial charge on any atom is 0.253 e. The normalized spacial score (nSPS) is 10.1. The first-order valence-corrected chi connectivity index (χ1v) is 7.20. The zero-order chi connectivity index (χ0) is 15.9. The molecular formula is C15H13Cl2N3O2. The van der Waals surface area contributed by atoms with Crippen molar-refractivity contribution in [2.24, 2.45) is 0 Å². The van der Waals surface area contributed by atoms with Crippen LogP contribution in [0.15, 0.2) is 42.7 Å². The van der Waals surface area contributed by atoms with E-state index in [1.165, 1.54) is 12.1 Å². The largest absolute Gasteiger partial charge is 0.350 e. The summed E-state index contributed by atoms with van der Waals surface area (Å²) in [5.41, 5.74) is 1.20. The van der Waals surface area contributed by atoms with E-state index < -0.39 is 5.91 Å². The van der Waals surface area contributed by atoms with Gasteiger partial charge in [-0.05, 0) is 35.9 Å². The number of halogens is 2. The molecule has 1 aromatic heterocycles. The van der Waals surface area contributed by atoms with Crippen LogP contribution in [0.3, 0.4) is 0 Å². The van der Waals surface area contributed by atoms with Gasteiger partial charge in [0.2, 0.25) is 5.91 Å². The predicted molar refractivity (Wildman–Crippen MR) is 84.9 cm³/mol. The van der Waals surface area contributed by atoms with Gasteiger partial charge in [0.05, 0.1) is 17.1 Å². The molecule has 0 atom stereocenters. The molecule has 0 saturated heterocycles. The molecule has 0 bridgehead atoms. The van der Waals surface area contributed by atoms with E-state index in [0.29, 0.717) is 11.6 Å². The second kappa shape index (κ2) is 7.77. The van der Waals surface area contributed by atoms with Crippen molar-refractivity contribution in [3.8, 4) is 0 Å². The third kappa shape index (κ3) is 4.72. The van der Waals surface area contributed by atoms with Gasteiger partial charge in [0.25, 0.3) is 5.91 Å². The number of nitrogens with one attached hydrogen (secondary N) is 2. The number of carbonyl (C=O) groups excluding carboxylic acids is 2. The summed E-state index contributed by atoms with van der Waals surface area (Å²) in [6, 6.07) is 8.14. The van der Waals surface area contributed by atoms with E-state index in [1.54, 1.807) is 30.6 Å². The van der Waals surface area contributed by atoms with Gasteiger partial charge >= 0.3 is 0 Å². The third-order valence-corrected chi connectivity index (χ3v) is 3.37. The Morgan fingerprint density at radius 2 is 1.77 bits per heavy atom. The van der Waals surface area contributed by atoms with Crippen LogP contribution in [-0.2, 0) is 11.3 Å². The summed E-state index contributed by atoms with van der Waals surface area (Å²) in [5.74, 6) is -0.726. The van der Waals surface area contributed by atoms with Gasteiger partial charge in [-0.2, -0.15) is 0 Å². The molecule has 1 aromatic carbocycles. The molecule has 0 spiro atoms. The van der Waals surface area contributed by atoms with Crippen LogP contribution in [0.5, 0.6) is 0 Å². The number of nitrogens with zero attached hydrogens (tertiary/aromatic N) is 1. The minimum Gasteiger partial charge on any atom is -0.350 e. The van der Waals surface area contributed by atoms with E-state index in [-0.39, 0.29) is 23.0 Å². The molecule has 7 heteroatoms. The highest BCUT2D eigenvalue weighted by Crippen LogP contribution is 2.20. The minimum absolute atomic E-state index is 0.136. The first kappa shape index (κ1) is 16.3. The molecule has 0 fully saturated rings. The molecule has 0 unspecified atom stereocenters. The van der Waals surface area contributed by atoms with E-state index >= 15 is 0 Å². The van der Waals surface area contributed by atoms with Crippen molar-refractivity contribution in [1.82, 2.24) is 15.6 Å². The molecule has 2 amide bonds. The van der Waals surface area contributed by atoms with Crippen molar-refractivity contribution in [3.63, 3.8) is 0 Å². The lowest BCUT2D eigenvalue weighted by Gasteiger charge is -2.08. The number of hydrogen-bond acceptors (Lipinski definition) is 3. The topological polar surface area (TPSA) is 71.1 Å². The van der Waals surface area contributed by atoms with Gasteiger partial charge in [0, 0.05) is 24.0 Å². The predicted octanol–water partition coefficient (Wildman–Crippen LogP) is 2.43. The van der Waals surface area contributed by atoms with Gasteiger partial charge in [-0.25, -0.2) is 0 Å². The van der Waals surface area contributed by atoms with Crippen LogP contribution in [0.2, 0.25) is 10.0 Å². The van der Waals surface area contributed by atoms with E-state index in [9.17, 15) is 9.59 Å². The second-order valence-electron chi connectivity index (χ2n) is 4.44. The zero-order valence-electron chi connectivity index (χ0n) is 11.5. The summed E-state index contributed by atoms with van der Waals surface area (Å²) in [7, 11) is 0. The van der Waals surface area contributed by atoms with Crippen LogP contribution in [0.25, 0.3) is 0 Å². The van der Waals surface area contributed by atoms with Crippen molar-refractivity contribution in [1.29, 1.82) is 0 Å². The SMILES string of the molecule is O=C(CNC(=O)c1ccc(Cl)cc1Cl)NCc1ccncc1. The number of carbonyl (C=O) groups is 2. The molecule has 22 heavy (non-hydrogen) atoms. The molecule has 1 heterocycles. The van der Waals surface area contributed by atoms with Crippen LogP contribution in [0.1, 0.15) is 15.9 Å². The van der Waals surface area contributed by atoms with Gasteiger partial charge in [0.1, 0.15) is 0 Å². The van der Waals surface area contributed by atoms with E-state index in [4.69, 9.17) is 23.2 Å². The molecule has 0 aliphatic heterocycles. The van der Waals surface area contributed by atoms with E-state index in [1.807, 2.05) is 0 Å². The van der Waals surface area contributed by atoms with Crippen molar-refractivity contribution in [2.45, 2.75) is 6.54 Å². The number of benzene rings is 1. The van der Waals surface area contributed by atoms with Crippen LogP contribution < -0.4 is 10.6 Å². The minimum atomic E-state index is -0.430. The summed E-state index contributed by atoms with van der Waals surface area (Å²) in [5, 5.41) is 5.88. The van der Waals surface area contributed by atoms with Crippen LogP contribution in [0, 0.1) is 0 Å². The maximum atomic E-state index is 11.9. The van der Waals surface area contributed by atoms with Gasteiger partial charge in [-0.3, -0.25) is 14.6 Å². The Balaban J connectivity index is 1.82. The van der Waals surface area contributed by atoms with Gasteiger partial charge in [-0.1, -0.05) is 23.2 Å². The van der Waals surface area contributed by atoms with Crippen molar-refractivity contribution < 1.29 is 9.59 Å². The molecule has 0 radical (unpaired) electrons. The first-order chi connectivity index (χ1) is 10.6. The molecule has 0 saturated carbocycles. The third-order valence-electron chi connectivity index (χ3n) is 2.82. The highest BCUT2D eigenvalue weighted by Gasteiger charge is 2.11. The Bertz CT molecular complexity index is 678. The Morgan fingerprint density at radius 3 is 2.45 bits per heavy atom. The van der Waals surface area contributed by atoms with Crippen molar-refractivity contribution in [2.75, 3.05) is 6.54 Å². The number of hydrogen-bond donors (Lipinski definition) is 2. The standard InChI is InChI=1S/C15H13Cl2N3O2/c16-11-1-2-12(13(17)7-11)15(22)20-9-14(21)19-8-10-3-5-18-6-4-10/h1-7H,8-9H2,(H,19,21)(H,20,22). The van der Waals surface area contributed by atoms with Gasteiger partial charge in [0.15, 0.2) is 0 Å². The Kier molecular flexibility index (Phi) is 5.75. The molecule has 2 rings (SSSR count). The maximum absolute atomic E-state index is 11.9. The van der Waals surface area contributed by atoms with Crippen LogP contribution in [0.4, 0.5) is 0 Å². The lowest BCUT2D eigenvalue weighted by molar-refractivity contribution is -0.120. The highest BCUT2D eigenvalue weighted by molar-refractivity contribution is 6.36. The van der Waals surface area contributed by atoms with Gasteiger partial charge < -0.3 is 10.6 Å². The molecule has 5 nitrogen and oxygen atoms in total. The Hall–Kier alpha value is -2.11. The molecular weight excluding hydrogens is 325 g/mol. The first-order valence-electron chi connectivity index (χ1n) is 6.45. The molecule has 114 valence electrons. The quantitative estimate of drug-likeness (QED) is 0.880. The van der Waals surface area contributed by atoms with Crippen LogP contribution in [-0.4, -0.2) is 23.3 Å². The smallest absolute Gasteiger partial charge is 0.253 e. The number of rotatable bonds is 5. The zero-order valence-corrected chi connectivity index (χ0v) is 13.0. The highest BCUT2D eigenvalue weighted by atomic mass is 35.5. The Labute approximate surface area is 137 Å². The molecule has 0 aliphatic rings. The van der Waals surface area contributed by atoms with Crippen molar-refractivity contribution >= 4 is 35.0 Å². The summed E-state index contributed by atoms with van der Waals surface area (Å²) >= 11 is 11.7. The summed E-state index contributed by atoms with van der Waals surface area (Å²) in [4.78, 5) is 27.5. The molecule has 0 aliphatic carbocycles. The average molecular weight is 338 g/mol. The Morgan fingerprint density at radius 1 is 1.05 bits per heavy atom. The molecule has 2 aromatic rings. The number of amides is 2. The average Bonchev–Trinajstić information content (AvgIpc) is 2.51. The summed E-state index contributed by atoms with van der Waals surface area (Å²) in [6.45, 7) is 0.238. The van der Waals surface area contributed by atoms with E-state index in [2.05, 4.69) is 15.6 Å². The molecule has 2 N–H and O–H groups in total. The number of aromatic nitrogens is 1. The summed E-state index contributed by atoms with van der Waals surface area (Å²) < 4.78 is 0. The fraction of sp³-hybridized carbons (Fsp3) is 0.133. The van der Waals surface area contributed by atoms with E-state index in [0.717, 1.165) is 5.56 Å². The lowest BCUT2D eigenvalue weighted by Crippen LogP contribution is -2.36. The number of pyridine rings is 1. The van der Waals surface area contributed by atoms with Crippen molar-refractivity contribution in [3.05, 3.63) is 63.9 Å². The van der Waals surface area contributed by atoms with Gasteiger partial charge in [-0.15, -0.1) is 0 Å².